The van der Waals surface area contributed by atoms with Gasteiger partial charge in [-0.2, -0.15) is 0 Å². The second-order valence-corrected chi connectivity index (χ2v) is 6.98. The van der Waals surface area contributed by atoms with Crippen molar-refractivity contribution in [3.63, 3.8) is 0 Å². The van der Waals surface area contributed by atoms with Gasteiger partial charge in [0.05, 0.1) is 5.54 Å². The van der Waals surface area contributed by atoms with Gasteiger partial charge in [-0.25, -0.2) is 4.98 Å². The Morgan fingerprint density at radius 2 is 1.89 bits per heavy atom. The minimum absolute atomic E-state index is 0.486. The lowest BCUT2D eigenvalue weighted by molar-refractivity contribution is -0.152. The maximum absolute atomic E-state index is 12.2. The summed E-state index contributed by atoms with van der Waals surface area (Å²) in [6, 6.07) is 0. The van der Waals surface area contributed by atoms with Crippen molar-refractivity contribution in [2.75, 3.05) is 0 Å². The third-order valence-electron chi connectivity index (χ3n) is 2.78. The van der Waals surface area contributed by atoms with Crippen molar-refractivity contribution in [1.82, 2.24) is 10.3 Å². The number of aliphatic carboxylic acids is 1. The highest BCUT2D eigenvalue weighted by Gasteiger charge is 2.40. The Morgan fingerprint density at radius 3 is 2.26 bits per heavy atom. The molecule has 1 aromatic heterocycles. The van der Waals surface area contributed by atoms with E-state index >= 15 is 0 Å². The van der Waals surface area contributed by atoms with Crippen LogP contribution in [0.4, 0.5) is 0 Å². The molecule has 1 heterocycles. The summed E-state index contributed by atoms with van der Waals surface area (Å²) >= 11 is 1.43. The molecule has 0 bridgehead atoms. The first-order valence-corrected chi connectivity index (χ1v) is 6.88. The van der Waals surface area contributed by atoms with Crippen LogP contribution in [0.5, 0.6) is 0 Å². The van der Waals surface area contributed by atoms with Crippen LogP contribution in [0.25, 0.3) is 0 Å². The molecule has 1 atom stereocenters. The van der Waals surface area contributed by atoms with Crippen LogP contribution < -0.4 is 5.32 Å². The van der Waals surface area contributed by atoms with Gasteiger partial charge in [0.2, 0.25) is 5.91 Å². The van der Waals surface area contributed by atoms with Crippen molar-refractivity contribution in [2.45, 2.75) is 40.2 Å². The van der Waals surface area contributed by atoms with E-state index in [-0.39, 0.29) is 0 Å². The predicted octanol–water partition coefficient (Wildman–Crippen LogP) is 2.24. The van der Waals surface area contributed by atoms with Gasteiger partial charge < -0.3 is 10.4 Å². The van der Waals surface area contributed by atoms with Gasteiger partial charge in [0.1, 0.15) is 10.9 Å². The number of carbonyl (C=O) groups excluding carboxylic acids is 1. The van der Waals surface area contributed by atoms with Gasteiger partial charge in [-0.05, 0) is 19.3 Å². The highest BCUT2D eigenvalue weighted by molar-refractivity contribution is 7.09. The molecule has 0 aromatic carbocycles. The van der Waals surface area contributed by atoms with Crippen LogP contribution in [0.2, 0.25) is 0 Å². The van der Waals surface area contributed by atoms with Crippen LogP contribution in [-0.2, 0) is 15.1 Å². The second kappa shape index (κ2) is 5.28. The largest absolute Gasteiger partial charge is 0.481 e. The first-order chi connectivity index (χ1) is 8.55. The second-order valence-electron chi connectivity index (χ2n) is 6.09. The molecule has 0 fully saturated rings. The van der Waals surface area contributed by atoms with E-state index in [1.54, 1.807) is 27.0 Å². The molecule has 0 aliphatic heterocycles. The SMILES string of the molecule is CC(C)(NC(=O)C(C(=O)O)C(C)(C)C)c1nccs1. The zero-order valence-corrected chi connectivity index (χ0v) is 12.7. The Balaban J connectivity index is 2.92. The van der Waals surface area contributed by atoms with E-state index < -0.39 is 28.7 Å². The first-order valence-electron chi connectivity index (χ1n) is 6.00. The average molecular weight is 284 g/mol. The lowest BCUT2D eigenvalue weighted by Gasteiger charge is -2.30. The number of carbonyl (C=O) groups is 2. The summed E-state index contributed by atoms with van der Waals surface area (Å²) < 4.78 is 0. The molecular weight excluding hydrogens is 264 g/mol. The van der Waals surface area contributed by atoms with Crippen molar-refractivity contribution >= 4 is 23.2 Å². The van der Waals surface area contributed by atoms with Gasteiger partial charge in [-0.3, -0.25) is 9.59 Å². The molecule has 0 spiro atoms. The van der Waals surface area contributed by atoms with E-state index in [2.05, 4.69) is 10.3 Å². The number of carboxylic acid groups (broad SMARTS) is 1. The molecule has 5 nitrogen and oxygen atoms in total. The molecule has 1 unspecified atom stereocenters. The normalized spacial score (nSPS) is 13.9. The fraction of sp³-hybridized carbons (Fsp3) is 0.615. The molecule has 106 valence electrons. The van der Waals surface area contributed by atoms with E-state index in [0.29, 0.717) is 0 Å². The molecule has 1 rings (SSSR count). The third kappa shape index (κ3) is 3.76. The van der Waals surface area contributed by atoms with Crippen LogP contribution >= 0.6 is 11.3 Å². The fourth-order valence-electron chi connectivity index (χ4n) is 1.84. The highest BCUT2D eigenvalue weighted by Crippen LogP contribution is 2.29. The Morgan fingerprint density at radius 1 is 1.32 bits per heavy atom. The van der Waals surface area contributed by atoms with Crippen LogP contribution in [-0.4, -0.2) is 22.0 Å². The Bertz CT molecular complexity index is 461. The molecule has 0 saturated carbocycles. The summed E-state index contributed by atoms with van der Waals surface area (Å²) in [5.74, 6) is -2.69. The summed E-state index contributed by atoms with van der Waals surface area (Å²) in [5.41, 5.74) is -1.32. The van der Waals surface area contributed by atoms with Gasteiger partial charge in [0, 0.05) is 11.6 Å². The predicted molar refractivity (Wildman–Crippen MR) is 73.9 cm³/mol. The molecular formula is C13H20N2O3S. The Kier molecular flexibility index (Phi) is 4.35. The van der Waals surface area contributed by atoms with E-state index in [1.807, 2.05) is 19.2 Å². The number of nitrogens with zero attached hydrogens (tertiary/aromatic N) is 1. The molecule has 19 heavy (non-hydrogen) atoms. The molecule has 2 N–H and O–H groups in total. The Hall–Kier alpha value is -1.43. The maximum atomic E-state index is 12.2. The van der Waals surface area contributed by atoms with Crippen LogP contribution in [0.15, 0.2) is 11.6 Å². The van der Waals surface area contributed by atoms with Gasteiger partial charge in [-0.1, -0.05) is 20.8 Å². The molecule has 0 radical (unpaired) electrons. The minimum atomic E-state index is -1.11. The number of thiazole rings is 1. The zero-order chi connectivity index (χ0) is 14.8. The quantitative estimate of drug-likeness (QED) is 0.831. The Labute approximate surface area is 117 Å². The van der Waals surface area contributed by atoms with E-state index in [9.17, 15) is 14.7 Å². The van der Waals surface area contributed by atoms with Crippen molar-refractivity contribution in [3.05, 3.63) is 16.6 Å². The van der Waals surface area contributed by atoms with E-state index in [0.717, 1.165) is 5.01 Å². The van der Waals surface area contributed by atoms with Gasteiger partial charge in [0.25, 0.3) is 0 Å². The van der Waals surface area contributed by atoms with Crippen molar-refractivity contribution < 1.29 is 14.7 Å². The van der Waals surface area contributed by atoms with E-state index in [1.165, 1.54) is 11.3 Å². The van der Waals surface area contributed by atoms with E-state index in [4.69, 9.17) is 0 Å². The molecule has 1 amide bonds. The molecule has 1 aromatic rings. The number of hydrogen-bond acceptors (Lipinski definition) is 4. The topological polar surface area (TPSA) is 79.3 Å². The summed E-state index contributed by atoms with van der Waals surface area (Å²) in [6.45, 7) is 8.84. The lowest BCUT2D eigenvalue weighted by Crippen LogP contribution is -2.49. The monoisotopic (exact) mass is 284 g/mol. The fourth-order valence-corrected chi connectivity index (χ4v) is 2.56. The van der Waals surface area contributed by atoms with Crippen molar-refractivity contribution in [2.24, 2.45) is 11.3 Å². The molecule has 6 heteroatoms. The van der Waals surface area contributed by atoms with Crippen LogP contribution in [0, 0.1) is 11.3 Å². The van der Waals surface area contributed by atoms with Gasteiger partial charge in [0.15, 0.2) is 0 Å². The van der Waals surface area contributed by atoms with Crippen molar-refractivity contribution in [1.29, 1.82) is 0 Å². The third-order valence-corrected chi connectivity index (χ3v) is 3.87. The lowest BCUT2D eigenvalue weighted by atomic mass is 9.79. The smallest absolute Gasteiger partial charge is 0.316 e. The summed E-state index contributed by atoms with van der Waals surface area (Å²) in [7, 11) is 0. The molecule has 0 aliphatic carbocycles. The maximum Gasteiger partial charge on any atom is 0.316 e. The number of carboxylic acids is 1. The van der Waals surface area contributed by atoms with Crippen LogP contribution in [0.1, 0.15) is 39.6 Å². The van der Waals surface area contributed by atoms with Gasteiger partial charge in [-0.15, -0.1) is 11.3 Å². The molecule has 0 aliphatic rings. The highest BCUT2D eigenvalue weighted by atomic mass is 32.1. The van der Waals surface area contributed by atoms with Crippen molar-refractivity contribution in [3.8, 4) is 0 Å². The number of rotatable bonds is 4. The zero-order valence-electron chi connectivity index (χ0n) is 11.9. The number of nitrogens with one attached hydrogen (secondary N) is 1. The van der Waals surface area contributed by atoms with Gasteiger partial charge >= 0.3 is 5.97 Å². The first kappa shape index (κ1) is 15.6. The average Bonchev–Trinajstić information content (AvgIpc) is 2.65. The number of hydrogen-bond donors (Lipinski definition) is 2. The standard InChI is InChI=1S/C13H20N2O3S/c1-12(2,3)8(10(17)18)9(16)15-13(4,5)11-14-6-7-19-11/h6-8H,1-5H3,(H,15,16)(H,17,18). The summed E-state index contributed by atoms with van der Waals surface area (Å²) in [6.07, 6.45) is 1.66. The summed E-state index contributed by atoms with van der Waals surface area (Å²) in [4.78, 5) is 27.7. The minimum Gasteiger partial charge on any atom is -0.481 e. The van der Waals surface area contributed by atoms with Crippen LogP contribution in [0.3, 0.4) is 0 Å². The number of aromatic nitrogens is 1. The number of amides is 1. The summed E-state index contributed by atoms with van der Waals surface area (Å²) in [5, 5.41) is 14.6. The molecule has 0 saturated heterocycles.